The van der Waals surface area contributed by atoms with Crippen LogP contribution >= 0.6 is 0 Å². The number of rotatable bonds is 13. The lowest BCUT2D eigenvalue weighted by molar-refractivity contribution is -0.331. The zero-order valence-corrected chi connectivity index (χ0v) is 27.3. The molecule has 0 aromatic rings. The first-order valence-electron chi connectivity index (χ1n) is 15.6. The van der Waals surface area contributed by atoms with Crippen molar-refractivity contribution in [2.45, 2.75) is 174 Å². The molecule has 2 saturated heterocycles. The molecule has 2 fully saturated rings. The molecule has 2 unspecified atom stereocenters. The lowest BCUT2D eigenvalue weighted by atomic mass is 9.52. The van der Waals surface area contributed by atoms with Crippen LogP contribution in [0.25, 0.3) is 0 Å². The van der Waals surface area contributed by atoms with Gasteiger partial charge in [0.05, 0.1) is 12.3 Å². The van der Waals surface area contributed by atoms with E-state index in [4.69, 9.17) is 11.5 Å². The average molecular weight is 565 g/mol. The van der Waals surface area contributed by atoms with Crippen LogP contribution in [0.1, 0.15) is 140 Å². The van der Waals surface area contributed by atoms with E-state index < -0.39 is 17.4 Å². The van der Waals surface area contributed by atoms with Crippen molar-refractivity contribution >= 4 is 11.9 Å². The molecule has 0 aliphatic carbocycles. The van der Waals surface area contributed by atoms with Crippen LogP contribution in [0, 0.1) is 17.3 Å². The van der Waals surface area contributed by atoms with Gasteiger partial charge in [0.15, 0.2) is 0 Å². The first kappa shape index (κ1) is 35.0. The Morgan fingerprint density at radius 1 is 0.700 bits per heavy atom. The second-order valence-electron chi connectivity index (χ2n) is 15.6. The highest BCUT2D eigenvalue weighted by atomic mass is 16.4. The molecule has 8 heteroatoms. The molecule has 2 aliphatic heterocycles. The summed E-state index contributed by atoms with van der Waals surface area (Å²) in [4.78, 5) is 29.2. The molecule has 4 N–H and O–H groups in total. The zero-order chi connectivity index (χ0) is 30.9. The molecule has 0 radical (unpaired) electrons. The molecule has 0 aromatic carbocycles. The van der Waals surface area contributed by atoms with Gasteiger partial charge in [-0.05, 0) is 126 Å². The van der Waals surface area contributed by atoms with Crippen molar-refractivity contribution in [2.75, 3.05) is 0 Å². The van der Waals surface area contributed by atoms with Gasteiger partial charge < -0.3 is 31.3 Å². The summed E-state index contributed by atoms with van der Waals surface area (Å²) in [6.45, 7) is 21.7. The largest absolute Gasteiger partial charge is 0.550 e. The Morgan fingerprint density at radius 2 is 1.02 bits per heavy atom. The van der Waals surface area contributed by atoms with Crippen LogP contribution in [0.4, 0.5) is 0 Å². The SMILES string of the molecule is CC(N)N1C(C)(C)CC(C(CCCCCCCC(=O)[O-])(C(=O)[O-])C2CC(C)(C)N(C(C)N)C(C)(C)C2)CC1(C)C. The van der Waals surface area contributed by atoms with Gasteiger partial charge in [-0.2, -0.15) is 0 Å². The van der Waals surface area contributed by atoms with E-state index in [2.05, 4.69) is 65.2 Å². The van der Waals surface area contributed by atoms with E-state index in [9.17, 15) is 19.8 Å². The summed E-state index contributed by atoms with van der Waals surface area (Å²) in [5.41, 5.74) is 10.9. The molecular formula is C32H60N4O4-2. The van der Waals surface area contributed by atoms with Crippen molar-refractivity contribution in [3.8, 4) is 0 Å². The minimum atomic E-state index is -1.01. The summed E-state index contributed by atoms with van der Waals surface area (Å²) < 4.78 is 0. The number of carboxylic acids is 2. The van der Waals surface area contributed by atoms with Gasteiger partial charge in [-0.15, -0.1) is 0 Å². The smallest absolute Gasteiger partial charge is 0.0552 e. The van der Waals surface area contributed by atoms with E-state index in [1.165, 1.54) is 0 Å². The highest BCUT2D eigenvalue weighted by Crippen LogP contribution is 2.58. The van der Waals surface area contributed by atoms with Crippen molar-refractivity contribution in [1.29, 1.82) is 0 Å². The number of hydrogen-bond acceptors (Lipinski definition) is 8. The maximum atomic E-state index is 13.7. The fourth-order valence-corrected chi connectivity index (χ4v) is 9.92. The number of hydrogen-bond donors (Lipinski definition) is 2. The van der Waals surface area contributed by atoms with Crippen LogP contribution in [-0.2, 0) is 9.59 Å². The fraction of sp³-hybridized carbons (Fsp3) is 0.938. The maximum absolute atomic E-state index is 13.7. The van der Waals surface area contributed by atoms with E-state index in [0.717, 1.165) is 51.4 Å². The molecule has 2 aliphatic rings. The minimum Gasteiger partial charge on any atom is -0.550 e. The molecule has 8 nitrogen and oxygen atoms in total. The normalized spacial score (nSPS) is 26.6. The van der Waals surface area contributed by atoms with Crippen LogP contribution < -0.4 is 21.7 Å². The standard InChI is InChI=1S/C32H62N4O4/c1-22(33)35-28(3,4)18-24(19-29(35,5)6)32(27(39)40,17-15-13-11-12-14-16-26(37)38)25-20-30(7,8)36(23(2)34)31(9,10)21-25/h22-25H,11-21,33-34H2,1-10H3,(H,37,38)(H,39,40)/p-2. The predicted octanol–water partition coefficient (Wildman–Crippen LogP) is 3.35. The molecule has 2 heterocycles. The van der Waals surface area contributed by atoms with Crippen LogP contribution in [0.5, 0.6) is 0 Å². The topological polar surface area (TPSA) is 139 Å². The predicted molar refractivity (Wildman–Crippen MR) is 158 cm³/mol. The van der Waals surface area contributed by atoms with Gasteiger partial charge in [-0.3, -0.25) is 9.80 Å². The molecule has 2 atom stereocenters. The third-order valence-corrected chi connectivity index (χ3v) is 10.2. The molecule has 234 valence electrons. The summed E-state index contributed by atoms with van der Waals surface area (Å²) in [5.74, 6) is -2.05. The summed E-state index contributed by atoms with van der Waals surface area (Å²) in [6, 6.07) is 0. The van der Waals surface area contributed by atoms with E-state index in [1.54, 1.807) is 0 Å². The number of carbonyl (C=O) groups is 2. The van der Waals surface area contributed by atoms with E-state index in [-0.39, 0.29) is 52.7 Å². The van der Waals surface area contributed by atoms with Crippen LogP contribution in [0.15, 0.2) is 0 Å². The molecule has 0 saturated carbocycles. The Labute approximate surface area is 244 Å². The monoisotopic (exact) mass is 564 g/mol. The van der Waals surface area contributed by atoms with Gasteiger partial charge in [-0.1, -0.05) is 25.7 Å². The number of nitrogens with zero attached hydrogens (tertiary/aromatic N) is 2. The van der Waals surface area contributed by atoms with Crippen molar-refractivity contribution in [3.05, 3.63) is 0 Å². The third kappa shape index (κ3) is 7.40. The lowest BCUT2D eigenvalue weighted by Crippen LogP contribution is -2.71. The summed E-state index contributed by atoms with van der Waals surface area (Å²) in [5, 5.41) is 24.5. The van der Waals surface area contributed by atoms with Gasteiger partial charge in [0.2, 0.25) is 0 Å². The Morgan fingerprint density at radius 3 is 1.32 bits per heavy atom. The first-order chi connectivity index (χ1) is 18.1. The number of piperidine rings is 2. The fourth-order valence-electron chi connectivity index (χ4n) is 9.92. The van der Waals surface area contributed by atoms with Gasteiger partial charge in [0.25, 0.3) is 0 Å². The first-order valence-corrected chi connectivity index (χ1v) is 15.6. The number of unbranched alkanes of at least 4 members (excludes halogenated alkanes) is 4. The van der Waals surface area contributed by atoms with Crippen molar-refractivity contribution in [1.82, 2.24) is 9.80 Å². The molecule has 40 heavy (non-hydrogen) atoms. The average Bonchev–Trinajstić information content (AvgIpc) is 2.70. The lowest BCUT2D eigenvalue weighted by Gasteiger charge is -2.65. The van der Waals surface area contributed by atoms with Crippen molar-refractivity contribution in [2.24, 2.45) is 28.7 Å². The Hall–Kier alpha value is -1.22. The number of carboxylic acid groups (broad SMARTS) is 2. The Bertz CT molecular complexity index is 796. The zero-order valence-electron chi connectivity index (χ0n) is 27.3. The van der Waals surface area contributed by atoms with Crippen LogP contribution in [-0.4, -0.2) is 56.2 Å². The summed E-state index contributed by atoms with van der Waals surface area (Å²) >= 11 is 0. The van der Waals surface area contributed by atoms with Gasteiger partial charge in [-0.25, -0.2) is 0 Å². The summed E-state index contributed by atoms with van der Waals surface area (Å²) in [7, 11) is 0. The molecular weight excluding hydrogens is 504 g/mol. The Kier molecular flexibility index (Phi) is 11.0. The van der Waals surface area contributed by atoms with E-state index in [1.807, 2.05) is 13.8 Å². The molecule has 0 spiro atoms. The molecule has 2 rings (SSSR count). The molecule has 0 amide bonds. The number of aliphatic carboxylic acids is 2. The second-order valence-corrected chi connectivity index (χ2v) is 15.6. The molecule has 0 bridgehead atoms. The highest BCUT2D eigenvalue weighted by molar-refractivity contribution is 5.73. The van der Waals surface area contributed by atoms with Crippen LogP contribution in [0.3, 0.4) is 0 Å². The Balaban J connectivity index is 2.51. The molecule has 0 aromatic heterocycles. The number of carbonyl (C=O) groups excluding carboxylic acids is 2. The number of likely N-dealkylation sites (tertiary alicyclic amines) is 2. The van der Waals surface area contributed by atoms with E-state index >= 15 is 0 Å². The van der Waals surface area contributed by atoms with Crippen molar-refractivity contribution in [3.63, 3.8) is 0 Å². The third-order valence-electron chi connectivity index (χ3n) is 10.2. The highest BCUT2D eigenvalue weighted by Gasteiger charge is 2.59. The van der Waals surface area contributed by atoms with Gasteiger partial charge >= 0.3 is 0 Å². The van der Waals surface area contributed by atoms with Gasteiger partial charge in [0.1, 0.15) is 0 Å². The second kappa shape index (κ2) is 12.6. The summed E-state index contributed by atoms with van der Waals surface area (Å²) in [6.07, 6.45) is 7.28. The van der Waals surface area contributed by atoms with E-state index in [0.29, 0.717) is 12.8 Å². The number of nitrogens with two attached hydrogens (primary N) is 2. The van der Waals surface area contributed by atoms with Crippen LogP contribution in [0.2, 0.25) is 0 Å². The van der Waals surface area contributed by atoms with Gasteiger partial charge in [0, 0.05) is 39.5 Å². The quantitative estimate of drug-likeness (QED) is 0.325. The van der Waals surface area contributed by atoms with Crippen molar-refractivity contribution < 1.29 is 19.8 Å². The maximum Gasteiger partial charge on any atom is 0.0552 e. The minimum absolute atomic E-state index is 0.0611.